The van der Waals surface area contributed by atoms with Gasteiger partial charge < -0.3 is 19.9 Å². The summed E-state index contributed by atoms with van der Waals surface area (Å²) in [6.07, 6.45) is -1.05. The fourth-order valence-corrected chi connectivity index (χ4v) is 3.62. The highest BCUT2D eigenvalue weighted by Gasteiger charge is 2.19. The van der Waals surface area contributed by atoms with Crippen LogP contribution in [0.3, 0.4) is 0 Å². The van der Waals surface area contributed by atoms with Crippen LogP contribution in [0.25, 0.3) is 0 Å². The molecule has 0 aromatic heterocycles. The van der Waals surface area contributed by atoms with Crippen LogP contribution in [0.4, 0.5) is 5.69 Å². The van der Waals surface area contributed by atoms with Crippen molar-refractivity contribution in [2.24, 2.45) is 0 Å². The summed E-state index contributed by atoms with van der Waals surface area (Å²) in [5.74, 6) is 0.873. The minimum absolute atomic E-state index is 0.0333. The zero-order valence-electron chi connectivity index (χ0n) is 14.6. The van der Waals surface area contributed by atoms with Gasteiger partial charge in [-0.3, -0.25) is 4.79 Å². The first-order valence-corrected chi connectivity index (χ1v) is 9.78. The third-order valence-corrected chi connectivity index (χ3v) is 5.34. The lowest BCUT2D eigenvalue weighted by molar-refractivity contribution is -0.114. The summed E-state index contributed by atoms with van der Waals surface area (Å²) in [7, 11) is -3.80. The van der Waals surface area contributed by atoms with Gasteiger partial charge in [-0.05, 0) is 42.0 Å². The van der Waals surface area contributed by atoms with Crippen molar-refractivity contribution in [2.75, 3.05) is 25.1 Å². The Morgan fingerprint density at radius 3 is 2.44 bits per heavy atom. The normalized spacial score (nSPS) is 14.4. The van der Waals surface area contributed by atoms with Crippen LogP contribution in [0.15, 0.2) is 47.4 Å². The van der Waals surface area contributed by atoms with E-state index in [1.807, 2.05) is 0 Å². The maximum Gasteiger partial charge on any atom is 0.240 e. The van der Waals surface area contributed by atoms with Gasteiger partial charge in [0.2, 0.25) is 15.9 Å². The Hall–Kier alpha value is -2.62. The number of carbonyl (C=O) groups is 1. The molecule has 27 heavy (non-hydrogen) atoms. The molecule has 144 valence electrons. The van der Waals surface area contributed by atoms with Crippen molar-refractivity contribution < 1.29 is 27.8 Å². The molecule has 0 saturated heterocycles. The largest absolute Gasteiger partial charge is 0.486 e. The summed E-state index contributed by atoms with van der Waals surface area (Å²) in [6, 6.07) is 10.7. The standard InChI is InChI=1S/C18H20N2O6S/c1-12(21)20-14-3-5-15(6-4-14)27(23,24)19-11-16(22)13-2-7-17-18(10-13)26-9-8-25-17/h2-7,10,16,19,22H,8-9,11H2,1H3,(H,20,21)/t16-/m1/s1. The highest BCUT2D eigenvalue weighted by atomic mass is 32.2. The predicted octanol–water partition coefficient (Wildman–Crippen LogP) is 1.43. The van der Waals surface area contributed by atoms with E-state index in [-0.39, 0.29) is 17.3 Å². The number of aliphatic hydroxyl groups excluding tert-OH is 1. The Morgan fingerprint density at radius 1 is 1.11 bits per heavy atom. The van der Waals surface area contributed by atoms with Crippen LogP contribution in [-0.4, -0.2) is 39.2 Å². The number of hydrogen-bond acceptors (Lipinski definition) is 6. The molecule has 0 saturated carbocycles. The van der Waals surface area contributed by atoms with E-state index >= 15 is 0 Å². The molecular formula is C18H20N2O6S. The summed E-state index contributed by atoms with van der Waals surface area (Å²) in [5.41, 5.74) is 1.01. The Bertz CT molecular complexity index is 927. The number of aliphatic hydroxyl groups is 1. The fraction of sp³-hybridized carbons (Fsp3) is 0.278. The van der Waals surface area contributed by atoms with Crippen LogP contribution in [0, 0.1) is 0 Å². The average molecular weight is 392 g/mol. The number of anilines is 1. The van der Waals surface area contributed by atoms with Gasteiger partial charge in [0, 0.05) is 19.2 Å². The molecule has 1 amide bonds. The van der Waals surface area contributed by atoms with Crippen LogP contribution in [0.5, 0.6) is 11.5 Å². The minimum atomic E-state index is -3.80. The maximum atomic E-state index is 12.4. The smallest absolute Gasteiger partial charge is 0.240 e. The summed E-state index contributed by atoms with van der Waals surface area (Å²) >= 11 is 0. The molecule has 0 bridgehead atoms. The Labute approximate surface area is 157 Å². The molecule has 0 fully saturated rings. The van der Waals surface area contributed by atoms with Crippen molar-refractivity contribution in [1.82, 2.24) is 4.72 Å². The lowest BCUT2D eigenvalue weighted by Crippen LogP contribution is -2.28. The number of nitrogens with one attached hydrogen (secondary N) is 2. The molecule has 3 N–H and O–H groups in total. The molecule has 2 aromatic carbocycles. The summed E-state index contributed by atoms with van der Waals surface area (Å²) in [4.78, 5) is 11.0. The number of carbonyl (C=O) groups excluding carboxylic acids is 1. The maximum absolute atomic E-state index is 12.4. The number of amides is 1. The number of sulfonamides is 1. The quantitative estimate of drug-likeness (QED) is 0.685. The number of ether oxygens (including phenoxy) is 2. The van der Waals surface area contributed by atoms with Gasteiger partial charge in [0.1, 0.15) is 13.2 Å². The van der Waals surface area contributed by atoms with E-state index in [1.165, 1.54) is 31.2 Å². The van der Waals surface area contributed by atoms with E-state index in [0.717, 1.165) is 0 Å². The molecule has 0 aliphatic carbocycles. The fourth-order valence-electron chi connectivity index (χ4n) is 2.58. The van der Waals surface area contributed by atoms with Crippen molar-refractivity contribution in [2.45, 2.75) is 17.9 Å². The van der Waals surface area contributed by atoms with E-state index in [1.54, 1.807) is 18.2 Å². The third kappa shape index (κ3) is 4.76. The number of benzene rings is 2. The molecular weight excluding hydrogens is 372 g/mol. The molecule has 1 aliphatic rings. The number of rotatable bonds is 6. The number of fused-ring (bicyclic) bond motifs is 1. The van der Waals surface area contributed by atoms with Crippen molar-refractivity contribution in [3.8, 4) is 11.5 Å². The summed E-state index contributed by atoms with van der Waals surface area (Å²) < 4.78 is 38.0. The molecule has 0 radical (unpaired) electrons. The molecule has 1 heterocycles. The Morgan fingerprint density at radius 2 is 1.78 bits per heavy atom. The predicted molar refractivity (Wildman–Crippen MR) is 98.3 cm³/mol. The van der Waals surface area contributed by atoms with Crippen LogP contribution >= 0.6 is 0 Å². The van der Waals surface area contributed by atoms with E-state index < -0.39 is 16.1 Å². The highest BCUT2D eigenvalue weighted by molar-refractivity contribution is 7.89. The second kappa shape index (κ2) is 7.95. The minimum Gasteiger partial charge on any atom is -0.486 e. The van der Waals surface area contributed by atoms with Crippen molar-refractivity contribution >= 4 is 21.6 Å². The van der Waals surface area contributed by atoms with Crippen LogP contribution < -0.4 is 19.5 Å². The van der Waals surface area contributed by atoms with Gasteiger partial charge in [-0.1, -0.05) is 6.07 Å². The van der Waals surface area contributed by atoms with Crippen LogP contribution in [-0.2, 0) is 14.8 Å². The van der Waals surface area contributed by atoms with Crippen molar-refractivity contribution in [3.05, 3.63) is 48.0 Å². The van der Waals surface area contributed by atoms with E-state index in [2.05, 4.69) is 10.0 Å². The zero-order valence-corrected chi connectivity index (χ0v) is 15.5. The molecule has 0 unspecified atom stereocenters. The lowest BCUT2D eigenvalue weighted by atomic mass is 10.1. The molecule has 9 heteroatoms. The third-order valence-electron chi connectivity index (χ3n) is 3.90. The zero-order chi connectivity index (χ0) is 19.4. The average Bonchev–Trinajstić information content (AvgIpc) is 2.66. The van der Waals surface area contributed by atoms with E-state index in [9.17, 15) is 18.3 Å². The van der Waals surface area contributed by atoms with Crippen molar-refractivity contribution in [3.63, 3.8) is 0 Å². The Balaban J connectivity index is 1.65. The van der Waals surface area contributed by atoms with Gasteiger partial charge in [-0.15, -0.1) is 0 Å². The molecule has 1 aliphatic heterocycles. The number of hydrogen-bond donors (Lipinski definition) is 3. The summed E-state index contributed by atoms with van der Waals surface area (Å²) in [5, 5.41) is 12.9. The van der Waals surface area contributed by atoms with Crippen LogP contribution in [0.1, 0.15) is 18.6 Å². The van der Waals surface area contributed by atoms with Gasteiger partial charge >= 0.3 is 0 Å². The molecule has 1 atom stereocenters. The second-order valence-corrected chi connectivity index (χ2v) is 7.74. The van der Waals surface area contributed by atoms with E-state index in [0.29, 0.717) is 36.0 Å². The van der Waals surface area contributed by atoms with Crippen LogP contribution in [0.2, 0.25) is 0 Å². The first-order valence-electron chi connectivity index (χ1n) is 8.30. The lowest BCUT2D eigenvalue weighted by Gasteiger charge is -2.20. The van der Waals surface area contributed by atoms with Gasteiger partial charge in [0.15, 0.2) is 11.5 Å². The van der Waals surface area contributed by atoms with Gasteiger partial charge in [0.05, 0.1) is 11.0 Å². The SMILES string of the molecule is CC(=O)Nc1ccc(S(=O)(=O)NC[C@@H](O)c2ccc3c(c2)OCCO3)cc1. The first-order chi connectivity index (χ1) is 12.8. The molecule has 2 aromatic rings. The molecule has 0 spiro atoms. The van der Waals surface area contributed by atoms with Crippen molar-refractivity contribution in [1.29, 1.82) is 0 Å². The monoisotopic (exact) mass is 392 g/mol. The highest BCUT2D eigenvalue weighted by Crippen LogP contribution is 2.32. The van der Waals surface area contributed by atoms with Gasteiger partial charge in [-0.25, -0.2) is 13.1 Å². The molecule has 8 nitrogen and oxygen atoms in total. The Kier molecular flexibility index (Phi) is 5.64. The van der Waals surface area contributed by atoms with Gasteiger partial charge in [0.25, 0.3) is 0 Å². The van der Waals surface area contributed by atoms with E-state index in [4.69, 9.17) is 9.47 Å². The second-order valence-electron chi connectivity index (χ2n) is 5.98. The van der Waals surface area contributed by atoms with Gasteiger partial charge in [-0.2, -0.15) is 0 Å². The molecule has 3 rings (SSSR count). The summed E-state index contributed by atoms with van der Waals surface area (Å²) in [6.45, 7) is 2.06. The topological polar surface area (TPSA) is 114 Å². The first kappa shape index (κ1) is 19.2.